The van der Waals surface area contributed by atoms with Crippen LogP contribution in [0.1, 0.15) is 41.0 Å². The van der Waals surface area contributed by atoms with Gasteiger partial charge in [-0.25, -0.2) is 9.37 Å². The van der Waals surface area contributed by atoms with E-state index >= 15 is 0 Å². The number of carbonyl (C=O) groups is 1. The Morgan fingerprint density at radius 1 is 1.09 bits per heavy atom. The lowest BCUT2D eigenvalue weighted by Crippen LogP contribution is -2.52. The Kier molecular flexibility index (Phi) is 5.65. The summed E-state index contributed by atoms with van der Waals surface area (Å²) in [6.07, 6.45) is -0.556. The first kappa shape index (κ1) is 23.1. The van der Waals surface area contributed by atoms with Crippen molar-refractivity contribution < 1.29 is 27.1 Å². The normalized spacial score (nSPS) is 20.3. The highest BCUT2D eigenvalue weighted by atomic mass is 19.4. The van der Waals surface area contributed by atoms with Crippen LogP contribution >= 0.6 is 0 Å². The molecule has 0 radical (unpaired) electrons. The Balaban J connectivity index is 1.41. The highest BCUT2D eigenvalue weighted by molar-refractivity contribution is 5.93. The number of amides is 1. The van der Waals surface area contributed by atoms with E-state index in [1.165, 1.54) is 10.9 Å². The number of pyridine rings is 1. The van der Waals surface area contributed by atoms with E-state index < -0.39 is 35.5 Å². The molecule has 7 nitrogen and oxygen atoms in total. The number of alkyl halides is 3. The summed E-state index contributed by atoms with van der Waals surface area (Å²) in [5, 5.41) is 0. The molecule has 1 aromatic carbocycles. The molecule has 3 heterocycles. The first-order chi connectivity index (χ1) is 16.6. The van der Waals surface area contributed by atoms with Crippen LogP contribution in [0.3, 0.4) is 0 Å². The third-order valence-corrected chi connectivity index (χ3v) is 6.53. The minimum Gasteiger partial charge on any atom is -0.488 e. The maximum absolute atomic E-state index is 13.5. The topological polar surface area (TPSA) is 69.4 Å². The molecule has 1 aliphatic heterocycles. The van der Waals surface area contributed by atoms with Gasteiger partial charge in [0.25, 0.3) is 11.5 Å². The summed E-state index contributed by atoms with van der Waals surface area (Å²) < 4.78 is 62.5. The molecule has 35 heavy (non-hydrogen) atoms. The third kappa shape index (κ3) is 4.19. The molecule has 0 bridgehead atoms. The number of ether oxygens (including phenoxy) is 1. The largest absolute Gasteiger partial charge is 0.488 e. The minimum absolute atomic E-state index is 0.213. The number of carbonyl (C=O) groups excluding carboxylic acids is 1. The second kappa shape index (κ2) is 8.54. The summed E-state index contributed by atoms with van der Waals surface area (Å²) in [5.41, 5.74) is -0.184. The summed E-state index contributed by atoms with van der Waals surface area (Å²) >= 11 is 0. The number of hydrogen-bond acceptors (Lipinski definition) is 4. The van der Waals surface area contributed by atoms with E-state index in [0.29, 0.717) is 31.0 Å². The van der Waals surface area contributed by atoms with Crippen LogP contribution in [0.5, 0.6) is 5.75 Å². The van der Waals surface area contributed by atoms with Gasteiger partial charge < -0.3 is 18.8 Å². The molecular weight excluding hydrogens is 468 g/mol. The van der Waals surface area contributed by atoms with Gasteiger partial charge in [-0.1, -0.05) is 0 Å². The van der Waals surface area contributed by atoms with E-state index in [2.05, 4.69) is 4.98 Å². The molecule has 2 aromatic heterocycles. The molecule has 11 heteroatoms. The van der Waals surface area contributed by atoms with Crippen LogP contribution in [-0.4, -0.2) is 43.6 Å². The summed E-state index contributed by atoms with van der Waals surface area (Å²) in [6.45, 7) is 2.27. The highest BCUT2D eigenvalue weighted by Crippen LogP contribution is 2.39. The maximum atomic E-state index is 13.5. The van der Waals surface area contributed by atoms with Gasteiger partial charge >= 0.3 is 6.18 Å². The van der Waals surface area contributed by atoms with Crippen molar-refractivity contribution in [1.29, 1.82) is 0 Å². The maximum Gasteiger partial charge on any atom is 0.420 e. The fourth-order valence-corrected chi connectivity index (χ4v) is 4.89. The van der Waals surface area contributed by atoms with Gasteiger partial charge in [-0.3, -0.25) is 9.59 Å². The highest BCUT2D eigenvalue weighted by Gasteiger charge is 2.41. The van der Waals surface area contributed by atoms with Crippen LogP contribution in [0.2, 0.25) is 0 Å². The molecule has 1 fully saturated rings. The number of hydrogen-bond donors (Lipinski definition) is 0. The van der Waals surface area contributed by atoms with E-state index in [-0.39, 0.29) is 30.2 Å². The Morgan fingerprint density at radius 2 is 1.89 bits per heavy atom. The molecule has 2 atom stereocenters. The number of aryl methyl sites for hydroxylation is 1. The minimum atomic E-state index is -4.78. The predicted molar refractivity (Wildman–Crippen MR) is 117 cm³/mol. The van der Waals surface area contributed by atoms with Gasteiger partial charge in [0.1, 0.15) is 34.6 Å². The number of imidazole rings is 1. The van der Waals surface area contributed by atoms with Crippen molar-refractivity contribution in [2.45, 2.75) is 51.1 Å². The molecule has 184 valence electrons. The Hall–Kier alpha value is -3.63. The summed E-state index contributed by atoms with van der Waals surface area (Å²) in [4.78, 5) is 32.1. The standard InChI is InChI=1S/C24H22F4N4O3/c1-14-12-30(13-29-14)18-6-7-19-23(34)31(9-10-32(19)22(18)33)17-3-2-4-21(17)35-20-8-5-15(25)11-16(20)24(26,27)28/h5-8,11-13,17,21H,2-4,9-10H2,1H3. The molecule has 2 aliphatic rings. The van der Waals surface area contributed by atoms with Crippen molar-refractivity contribution in [3.8, 4) is 11.4 Å². The van der Waals surface area contributed by atoms with Crippen LogP contribution in [0.15, 0.2) is 47.7 Å². The zero-order chi connectivity index (χ0) is 24.9. The molecule has 3 aromatic rings. The van der Waals surface area contributed by atoms with Gasteiger partial charge in [0, 0.05) is 19.3 Å². The molecule has 5 rings (SSSR count). The van der Waals surface area contributed by atoms with Crippen LogP contribution < -0.4 is 10.3 Å². The average molecular weight is 490 g/mol. The molecule has 1 aliphatic carbocycles. The lowest BCUT2D eigenvalue weighted by molar-refractivity contribution is -0.139. The quantitative estimate of drug-likeness (QED) is 0.520. The number of benzene rings is 1. The molecule has 1 amide bonds. The second-order valence-electron chi connectivity index (χ2n) is 8.77. The third-order valence-electron chi connectivity index (χ3n) is 6.53. The molecule has 0 saturated heterocycles. The van der Waals surface area contributed by atoms with Gasteiger partial charge in [-0.05, 0) is 56.5 Å². The SMILES string of the molecule is Cc1cn(-c2ccc3n(c2=O)CCN(C2CCCC2Oc2ccc(F)cc2C(F)(F)F)C3=O)cn1. The van der Waals surface area contributed by atoms with E-state index in [9.17, 15) is 27.2 Å². The lowest BCUT2D eigenvalue weighted by Gasteiger charge is -2.37. The van der Waals surface area contributed by atoms with Gasteiger partial charge in [0.15, 0.2) is 0 Å². The molecule has 1 saturated carbocycles. The monoisotopic (exact) mass is 490 g/mol. The van der Waals surface area contributed by atoms with Crippen LogP contribution in [0, 0.1) is 12.7 Å². The van der Waals surface area contributed by atoms with Gasteiger partial charge in [0.05, 0.1) is 18.1 Å². The van der Waals surface area contributed by atoms with E-state index in [4.69, 9.17) is 4.74 Å². The van der Waals surface area contributed by atoms with Crippen molar-refractivity contribution in [1.82, 2.24) is 19.0 Å². The zero-order valence-electron chi connectivity index (χ0n) is 18.8. The van der Waals surface area contributed by atoms with E-state index in [0.717, 1.165) is 17.8 Å². The summed E-state index contributed by atoms with van der Waals surface area (Å²) in [7, 11) is 0. The Bertz CT molecular complexity index is 1350. The number of aromatic nitrogens is 3. The van der Waals surface area contributed by atoms with Crippen LogP contribution in [-0.2, 0) is 12.7 Å². The predicted octanol–water partition coefficient (Wildman–Crippen LogP) is 3.96. The second-order valence-corrected chi connectivity index (χ2v) is 8.77. The van der Waals surface area contributed by atoms with Crippen molar-refractivity contribution in [3.05, 3.63) is 76.0 Å². The smallest absolute Gasteiger partial charge is 0.420 e. The van der Waals surface area contributed by atoms with Crippen LogP contribution in [0.4, 0.5) is 17.6 Å². The van der Waals surface area contributed by atoms with Crippen molar-refractivity contribution >= 4 is 5.91 Å². The number of nitrogens with zero attached hydrogens (tertiary/aromatic N) is 4. The average Bonchev–Trinajstić information content (AvgIpc) is 3.44. The molecule has 0 N–H and O–H groups in total. The van der Waals surface area contributed by atoms with Gasteiger partial charge in [0.2, 0.25) is 0 Å². The van der Waals surface area contributed by atoms with Crippen molar-refractivity contribution in [2.24, 2.45) is 0 Å². The Labute approximate surface area is 197 Å². The number of rotatable bonds is 4. The van der Waals surface area contributed by atoms with E-state index in [1.54, 1.807) is 34.7 Å². The van der Waals surface area contributed by atoms with Gasteiger partial charge in [-0.15, -0.1) is 0 Å². The first-order valence-electron chi connectivity index (χ1n) is 11.2. The zero-order valence-corrected chi connectivity index (χ0v) is 18.8. The van der Waals surface area contributed by atoms with E-state index in [1.807, 2.05) is 0 Å². The van der Waals surface area contributed by atoms with Gasteiger partial charge in [-0.2, -0.15) is 13.2 Å². The summed E-state index contributed by atoms with van der Waals surface area (Å²) in [6, 6.07) is 4.98. The summed E-state index contributed by atoms with van der Waals surface area (Å²) in [5.74, 6) is -1.85. The lowest BCUT2D eigenvalue weighted by atomic mass is 10.1. The molecule has 2 unspecified atom stereocenters. The van der Waals surface area contributed by atoms with Crippen molar-refractivity contribution in [3.63, 3.8) is 0 Å². The first-order valence-corrected chi connectivity index (χ1v) is 11.2. The molecule has 0 spiro atoms. The van der Waals surface area contributed by atoms with Crippen molar-refractivity contribution in [2.75, 3.05) is 6.54 Å². The fraction of sp³-hybridized carbons (Fsp3) is 0.375. The Morgan fingerprint density at radius 3 is 2.60 bits per heavy atom. The number of halogens is 4. The fourth-order valence-electron chi connectivity index (χ4n) is 4.89. The molecular formula is C24H22F4N4O3. The number of fused-ring (bicyclic) bond motifs is 1. The van der Waals surface area contributed by atoms with Crippen LogP contribution in [0.25, 0.3) is 5.69 Å².